The fraction of sp³-hybridized carbons (Fsp3) is 0.900. The average molecular weight is 261 g/mol. The smallest absolute Gasteiger partial charge is 0.317 e. The van der Waals surface area contributed by atoms with E-state index in [0.29, 0.717) is 37.9 Å². The number of hydrogen-bond donors (Lipinski definition) is 2. The van der Waals surface area contributed by atoms with E-state index in [2.05, 4.69) is 12.2 Å². The second-order valence-corrected chi connectivity index (χ2v) is 6.89. The SMILES string of the molecule is CC1CC1NC(=O)N1CCC(S(N)(=O)=O)CC1. The minimum absolute atomic E-state index is 0.0766. The summed E-state index contributed by atoms with van der Waals surface area (Å²) in [6.07, 6.45) is 1.92. The van der Waals surface area contributed by atoms with Gasteiger partial charge in [-0.25, -0.2) is 18.4 Å². The van der Waals surface area contributed by atoms with Crippen LogP contribution in [0.2, 0.25) is 0 Å². The molecule has 0 radical (unpaired) electrons. The number of carbonyl (C=O) groups is 1. The van der Waals surface area contributed by atoms with Gasteiger partial charge in [-0.3, -0.25) is 0 Å². The van der Waals surface area contributed by atoms with E-state index < -0.39 is 15.3 Å². The Morgan fingerprint density at radius 1 is 1.35 bits per heavy atom. The summed E-state index contributed by atoms with van der Waals surface area (Å²) in [5.41, 5.74) is 0. The van der Waals surface area contributed by atoms with E-state index in [-0.39, 0.29) is 6.03 Å². The number of nitrogens with two attached hydrogens (primary N) is 1. The van der Waals surface area contributed by atoms with Gasteiger partial charge in [-0.1, -0.05) is 6.92 Å². The van der Waals surface area contributed by atoms with E-state index in [0.717, 1.165) is 6.42 Å². The molecule has 2 unspecified atom stereocenters. The maximum Gasteiger partial charge on any atom is 0.317 e. The predicted octanol–water partition coefficient (Wildman–Crippen LogP) is -0.143. The molecule has 3 N–H and O–H groups in total. The van der Waals surface area contributed by atoms with Gasteiger partial charge in [0, 0.05) is 19.1 Å². The molecule has 17 heavy (non-hydrogen) atoms. The Morgan fingerprint density at radius 2 is 1.88 bits per heavy atom. The molecule has 1 aliphatic heterocycles. The van der Waals surface area contributed by atoms with Crippen LogP contribution < -0.4 is 10.5 Å². The minimum atomic E-state index is -3.45. The van der Waals surface area contributed by atoms with Crippen molar-refractivity contribution in [3.8, 4) is 0 Å². The molecule has 2 atom stereocenters. The van der Waals surface area contributed by atoms with Crippen molar-refractivity contribution in [2.24, 2.45) is 11.1 Å². The lowest BCUT2D eigenvalue weighted by Crippen LogP contribution is -2.48. The van der Waals surface area contributed by atoms with Crippen molar-refractivity contribution in [2.45, 2.75) is 37.5 Å². The fourth-order valence-electron chi connectivity index (χ4n) is 2.16. The van der Waals surface area contributed by atoms with E-state index >= 15 is 0 Å². The number of nitrogens with one attached hydrogen (secondary N) is 1. The molecule has 2 amide bonds. The van der Waals surface area contributed by atoms with E-state index in [1.54, 1.807) is 4.90 Å². The van der Waals surface area contributed by atoms with Gasteiger partial charge in [0.05, 0.1) is 5.25 Å². The second-order valence-electron chi connectivity index (χ2n) is 5.04. The molecule has 7 heteroatoms. The Labute approximate surface area is 102 Å². The summed E-state index contributed by atoms with van der Waals surface area (Å²) < 4.78 is 22.3. The summed E-state index contributed by atoms with van der Waals surface area (Å²) in [5, 5.41) is 7.53. The van der Waals surface area contributed by atoms with Crippen molar-refractivity contribution >= 4 is 16.1 Å². The van der Waals surface area contributed by atoms with Gasteiger partial charge in [0.25, 0.3) is 0 Å². The van der Waals surface area contributed by atoms with Gasteiger partial charge in [-0.2, -0.15) is 0 Å². The van der Waals surface area contributed by atoms with Gasteiger partial charge in [0.15, 0.2) is 0 Å². The van der Waals surface area contributed by atoms with Gasteiger partial charge in [-0.15, -0.1) is 0 Å². The first-order chi connectivity index (χ1) is 7.88. The highest BCUT2D eigenvalue weighted by Gasteiger charge is 2.36. The third kappa shape index (κ3) is 3.10. The van der Waals surface area contributed by atoms with Crippen molar-refractivity contribution in [1.82, 2.24) is 10.2 Å². The van der Waals surface area contributed by atoms with Crippen molar-refractivity contribution in [3.05, 3.63) is 0 Å². The Kier molecular flexibility index (Phi) is 3.31. The number of primary sulfonamides is 1. The molecule has 1 saturated heterocycles. The van der Waals surface area contributed by atoms with Crippen LogP contribution in [0.3, 0.4) is 0 Å². The zero-order valence-corrected chi connectivity index (χ0v) is 10.7. The summed E-state index contributed by atoms with van der Waals surface area (Å²) in [6, 6.07) is 0.227. The first kappa shape index (κ1) is 12.6. The number of hydrogen-bond acceptors (Lipinski definition) is 3. The monoisotopic (exact) mass is 261 g/mol. The van der Waals surface area contributed by atoms with Crippen LogP contribution in [0.5, 0.6) is 0 Å². The van der Waals surface area contributed by atoms with Gasteiger partial charge in [-0.05, 0) is 25.2 Å². The Hall–Kier alpha value is -0.820. The number of piperidine rings is 1. The molecule has 0 aromatic carbocycles. The lowest BCUT2D eigenvalue weighted by atomic mass is 10.1. The summed E-state index contributed by atoms with van der Waals surface area (Å²) in [5.74, 6) is 0.570. The number of carbonyl (C=O) groups excluding carboxylic acids is 1. The van der Waals surface area contributed by atoms with Crippen LogP contribution >= 0.6 is 0 Å². The molecule has 0 spiro atoms. The largest absolute Gasteiger partial charge is 0.335 e. The number of sulfonamides is 1. The number of rotatable bonds is 2. The summed E-state index contributed by atoms with van der Waals surface area (Å²) in [7, 11) is -3.45. The van der Waals surface area contributed by atoms with Crippen LogP contribution in [0.4, 0.5) is 4.79 Å². The van der Waals surface area contributed by atoms with Crippen LogP contribution in [0.1, 0.15) is 26.2 Å². The zero-order valence-electron chi connectivity index (χ0n) is 9.93. The molecule has 98 valence electrons. The van der Waals surface area contributed by atoms with Crippen molar-refractivity contribution in [1.29, 1.82) is 0 Å². The van der Waals surface area contributed by atoms with E-state index in [1.807, 2.05) is 0 Å². The molecule has 2 aliphatic rings. The molecule has 0 aromatic rings. The number of amides is 2. The Balaban J connectivity index is 1.80. The molecule has 2 fully saturated rings. The fourth-order valence-corrected chi connectivity index (χ4v) is 3.03. The molecule has 1 aliphatic carbocycles. The lowest BCUT2D eigenvalue weighted by molar-refractivity contribution is 0.186. The molecule has 1 heterocycles. The molecule has 0 aromatic heterocycles. The quantitative estimate of drug-likeness (QED) is 0.724. The highest BCUT2D eigenvalue weighted by Crippen LogP contribution is 2.29. The highest BCUT2D eigenvalue weighted by molar-refractivity contribution is 7.89. The highest BCUT2D eigenvalue weighted by atomic mass is 32.2. The molecule has 6 nitrogen and oxygen atoms in total. The van der Waals surface area contributed by atoms with E-state index in [9.17, 15) is 13.2 Å². The van der Waals surface area contributed by atoms with Crippen LogP contribution in [0.25, 0.3) is 0 Å². The van der Waals surface area contributed by atoms with E-state index in [4.69, 9.17) is 5.14 Å². The zero-order chi connectivity index (χ0) is 12.6. The molecule has 0 bridgehead atoms. The van der Waals surface area contributed by atoms with Crippen molar-refractivity contribution in [2.75, 3.05) is 13.1 Å². The first-order valence-electron chi connectivity index (χ1n) is 5.95. The molecular formula is C10H19N3O3S. The maximum atomic E-state index is 11.8. The van der Waals surface area contributed by atoms with E-state index in [1.165, 1.54) is 0 Å². The molecule has 2 rings (SSSR count). The summed E-state index contributed by atoms with van der Waals surface area (Å²) in [6.45, 7) is 3.03. The topological polar surface area (TPSA) is 92.5 Å². The summed E-state index contributed by atoms with van der Waals surface area (Å²) in [4.78, 5) is 13.5. The van der Waals surface area contributed by atoms with Gasteiger partial charge in [0.2, 0.25) is 10.0 Å². The second kappa shape index (κ2) is 4.45. The van der Waals surface area contributed by atoms with Crippen LogP contribution in [-0.4, -0.2) is 43.7 Å². The van der Waals surface area contributed by atoms with Crippen molar-refractivity contribution < 1.29 is 13.2 Å². The third-order valence-electron chi connectivity index (χ3n) is 3.61. The Morgan fingerprint density at radius 3 is 2.29 bits per heavy atom. The lowest BCUT2D eigenvalue weighted by Gasteiger charge is -2.30. The van der Waals surface area contributed by atoms with Crippen LogP contribution in [0.15, 0.2) is 0 Å². The van der Waals surface area contributed by atoms with Crippen molar-refractivity contribution in [3.63, 3.8) is 0 Å². The predicted molar refractivity (Wildman–Crippen MR) is 63.8 cm³/mol. The number of likely N-dealkylation sites (tertiary alicyclic amines) is 1. The van der Waals surface area contributed by atoms with Gasteiger partial charge < -0.3 is 10.2 Å². The van der Waals surface area contributed by atoms with Gasteiger partial charge in [0.1, 0.15) is 0 Å². The Bertz CT molecular complexity index is 401. The standard InChI is InChI=1S/C10H19N3O3S/c1-7-6-9(7)12-10(14)13-4-2-8(3-5-13)17(11,15)16/h7-9H,2-6H2,1H3,(H,12,14)(H2,11,15,16). The van der Waals surface area contributed by atoms with Crippen LogP contribution in [-0.2, 0) is 10.0 Å². The number of nitrogens with zero attached hydrogens (tertiary/aromatic N) is 1. The average Bonchev–Trinajstić information content (AvgIpc) is 2.93. The van der Waals surface area contributed by atoms with Gasteiger partial charge >= 0.3 is 6.03 Å². The minimum Gasteiger partial charge on any atom is -0.335 e. The van der Waals surface area contributed by atoms with Crippen LogP contribution in [0, 0.1) is 5.92 Å². The molecule has 1 saturated carbocycles. The summed E-state index contributed by atoms with van der Waals surface area (Å²) >= 11 is 0. The third-order valence-corrected chi connectivity index (χ3v) is 5.01. The molecular weight excluding hydrogens is 242 g/mol. The normalized spacial score (nSPS) is 30.1. The maximum absolute atomic E-state index is 11.8. The first-order valence-corrected chi connectivity index (χ1v) is 7.56. The number of urea groups is 1.